The second kappa shape index (κ2) is 14.8. The van der Waals surface area contributed by atoms with E-state index in [-0.39, 0.29) is 46.0 Å². The molecule has 4 aliphatic rings. The van der Waals surface area contributed by atoms with Gasteiger partial charge in [0.15, 0.2) is 6.29 Å². The van der Waals surface area contributed by atoms with Crippen LogP contribution in [0.3, 0.4) is 0 Å². The summed E-state index contributed by atoms with van der Waals surface area (Å²) in [5.41, 5.74) is 5.44. The van der Waals surface area contributed by atoms with Crippen molar-refractivity contribution in [1.82, 2.24) is 0 Å². The summed E-state index contributed by atoms with van der Waals surface area (Å²) >= 11 is 0. The number of benzene rings is 6. The largest absolute Gasteiger partial charge is 0.508 e. The molecule has 14 heteroatoms. The number of phenolic OH excluding ortho intramolecular Hbond substituents is 7. The van der Waals surface area contributed by atoms with Gasteiger partial charge in [0.1, 0.15) is 88.9 Å². The molecule has 6 aromatic carbocycles. The van der Waals surface area contributed by atoms with Crippen LogP contribution in [0, 0.1) is 0 Å². The average Bonchev–Trinajstić information content (AvgIpc) is 3.76. The fourth-order valence-electron chi connectivity index (χ4n) is 10.4. The van der Waals surface area contributed by atoms with Gasteiger partial charge >= 0.3 is 0 Å². The van der Waals surface area contributed by atoms with Crippen molar-refractivity contribution in [3.05, 3.63) is 159 Å². The summed E-state index contributed by atoms with van der Waals surface area (Å²) in [5.74, 6) is -3.70. The molecule has 0 amide bonds. The number of phenols is 7. The van der Waals surface area contributed by atoms with Crippen LogP contribution in [0.4, 0.5) is 0 Å². The molecule has 11 N–H and O–H groups in total. The van der Waals surface area contributed by atoms with Gasteiger partial charge in [-0.2, -0.15) is 0 Å². The highest BCUT2D eigenvalue weighted by molar-refractivity contribution is 5.72. The summed E-state index contributed by atoms with van der Waals surface area (Å²) in [6.45, 7) is -0.404. The van der Waals surface area contributed by atoms with E-state index in [2.05, 4.69) is 0 Å². The minimum atomic E-state index is -1.79. The molecule has 1 saturated heterocycles. The van der Waals surface area contributed by atoms with Crippen LogP contribution in [0.2, 0.25) is 0 Å². The summed E-state index contributed by atoms with van der Waals surface area (Å²) in [6, 6.07) is 28.7. The molecule has 6 aromatic rings. The molecule has 2 aliphatic carbocycles. The number of hydrogen-bond acceptors (Lipinski definition) is 14. The van der Waals surface area contributed by atoms with E-state index in [1.54, 1.807) is 78.9 Å². The Labute approximate surface area is 353 Å². The van der Waals surface area contributed by atoms with Crippen LogP contribution in [0.1, 0.15) is 85.8 Å². The molecule has 0 aromatic heterocycles. The minimum absolute atomic E-state index is 0.00656. The Morgan fingerprint density at radius 3 is 1.69 bits per heavy atom. The molecular weight excluding hydrogens is 801 g/mol. The van der Waals surface area contributed by atoms with Crippen molar-refractivity contribution < 1.29 is 70.4 Å². The maximum atomic E-state index is 12.4. The number of fused-ring (bicyclic) bond motifs is 2. The predicted molar refractivity (Wildman–Crippen MR) is 219 cm³/mol. The van der Waals surface area contributed by atoms with Crippen molar-refractivity contribution in [3.8, 4) is 51.7 Å². The van der Waals surface area contributed by atoms with Crippen LogP contribution in [0.15, 0.2) is 109 Å². The lowest BCUT2D eigenvalue weighted by atomic mass is 9.69. The van der Waals surface area contributed by atoms with E-state index >= 15 is 0 Å². The highest BCUT2D eigenvalue weighted by Gasteiger charge is 2.56. The maximum absolute atomic E-state index is 12.4. The van der Waals surface area contributed by atoms with Crippen LogP contribution >= 0.6 is 0 Å². The highest BCUT2D eigenvalue weighted by atomic mass is 16.6. The predicted octanol–water partition coefficient (Wildman–Crippen LogP) is 5.23. The third-order valence-corrected chi connectivity index (χ3v) is 13.0. The summed E-state index contributed by atoms with van der Waals surface area (Å²) in [7, 11) is 0. The summed E-state index contributed by atoms with van der Waals surface area (Å²) in [5, 5.41) is 119. The molecule has 2 heterocycles. The third-order valence-electron chi connectivity index (χ3n) is 13.0. The zero-order chi connectivity index (χ0) is 43.3. The fraction of sp³-hybridized carbons (Fsp3) is 0.250. The molecule has 0 saturated carbocycles. The van der Waals surface area contributed by atoms with Crippen molar-refractivity contribution in [2.75, 3.05) is 6.61 Å². The average molecular weight is 843 g/mol. The number of ether oxygens (including phenoxy) is 3. The first kappa shape index (κ1) is 39.5. The molecule has 11 atom stereocenters. The topological polar surface area (TPSA) is 250 Å². The first-order valence-electron chi connectivity index (χ1n) is 20.1. The molecule has 10 rings (SSSR count). The normalized spacial score (nSPS) is 28.1. The van der Waals surface area contributed by atoms with E-state index in [4.69, 9.17) is 14.2 Å². The van der Waals surface area contributed by atoms with Gasteiger partial charge in [-0.15, -0.1) is 0 Å². The molecule has 62 heavy (non-hydrogen) atoms. The monoisotopic (exact) mass is 842 g/mol. The zero-order valence-corrected chi connectivity index (χ0v) is 32.6. The molecule has 14 nitrogen and oxygen atoms in total. The Kier molecular flexibility index (Phi) is 9.39. The second-order valence-corrected chi connectivity index (χ2v) is 16.5. The van der Waals surface area contributed by atoms with E-state index in [9.17, 15) is 56.2 Å². The molecule has 2 aliphatic heterocycles. The smallest absolute Gasteiger partial charge is 0.184 e. The van der Waals surface area contributed by atoms with Gasteiger partial charge in [-0.3, -0.25) is 0 Å². The van der Waals surface area contributed by atoms with Gasteiger partial charge in [0.2, 0.25) is 0 Å². The molecular formula is C48H42O14. The van der Waals surface area contributed by atoms with E-state index < -0.39 is 73.0 Å². The quantitative estimate of drug-likeness (QED) is 0.0986. The highest BCUT2D eigenvalue weighted by Crippen LogP contribution is 2.70. The summed E-state index contributed by atoms with van der Waals surface area (Å²) < 4.78 is 18.1. The van der Waals surface area contributed by atoms with Gasteiger partial charge in [-0.1, -0.05) is 36.4 Å². The second-order valence-electron chi connectivity index (χ2n) is 16.5. The van der Waals surface area contributed by atoms with Crippen molar-refractivity contribution in [2.45, 2.75) is 66.4 Å². The Morgan fingerprint density at radius 1 is 0.452 bits per heavy atom. The summed E-state index contributed by atoms with van der Waals surface area (Å²) in [4.78, 5) is 0. The van der Waals surface area contributed by atoms with E-state index in [0.717, 1.165) is 0 Å². The number of aliphatic hydroxyl groups excluding tert-OH is 4. The van der Waals surface area contributed by atoms with Crippen molar-refractivity contribution >= 4 is 0 Å². The first-order valence-corrected chi connectivity index (χ1v) is 20.1. The lowest BCUT2D eigenvalue weighted by molar-refractivity contribution is -0.285. The molecule has 1 fully saturated rings. The van der Waals surface area contributed by atoms with Crippen LogP contribution in [-0.2, 0) is 4.74 Å². The van der Waals surface area contributed by atoms with E-state index in [1.807, 2.05) is 0 Å². The molecule has 318 valence electrons. The van der Waals surface area contributed by atoms with Crippen LogP contribution < -0.4 is 9.47 Å². The van der Waals surface area contributed by atoms with Crippen molar-refractivity contribution in [3.63, 3.8) is 0 Å². The van der Waals surface area contributed by atoms with Gasteiger partial charge in [0.05, 0.1) is 5.92 Å². The molecule has 0 radical (unpaired) electrons. The van der Waals surface area contributed by atoms with Gasteiger partial charge < -0.3 is 70.4 Å². The molecule has 0 spiro atoms. The maximum Gasteiger partial charge on any atom is 0.184 e. The van der Waals surface area contributed by atoms with Gasteiger partial charge in [-0.25, -0.2) is 0 Å². The standard InChI is InChI=1S/C48H42O14/c49-24-7-1-20(2-8-24)35-37(23-13-27(52)15-29(14-23)60-19-34-44(56)45(57)46(58)48(59)62-34)40-32(55)18-33-41-39(47(61-33)22-5-11-26(51)12-6-22)30-16-28(53)17-31(54)38(30)36(42(35)43(40)41)21-3-9-25(50)10-4-21/h1-18,34-37,39,42,44-59H,19H2/t34-,35-,36-,37-,39+,42-,44-,45+,46-,47-,48-/m1/s1. The molecule has 0 bridgehead atoms. The van der Waals surface area contributed by atoms with E-state index in [1.165, 1.54) is 30.3 Å². The van der Waals surface area contributed by atoms with Gasteiger partial charge in [0.25, 0.3) is 0 Å². The number of aromatic hydroxyl groups is 7. The SMILES string of the molecule is Oc1ccc([C@@H]2c3c(O)cc(O)cc3[C@H]3c4c(cc(O)c5c4[C@@H]2[C@H](c2ccc(O)cc2)[C@H]5c2cc(O)cc(OC[C@H]4O[C@@H](O)[C@H](O)[C@@H](O)[C@@H]4O)c2)O[C@@H]3c2ccc(O)cc2)cc1. The fourth-order valence-corrected chi connectivity index (χ4v) is 10.4. The minimum Gasteiger partial charge on any atom is -0.508 e. The third kappa shape index (κ3) is 6.29. The lowest BCUT2D eigenvalue weighted by Crippen LogP contribution is -2.58. The molecule has 0 unspecified atom stereocenters. The lowest BCUT2D eigenvalue weighted by Gasteiger charge is -2.38. The first-order chi connectivity index (χ1) is 29.8. The van der Waals surface area contributed by atoms with Gasteiger partial charge in [0, 0.05) is 58.6 Å². The Morgan fingerprint density at radius 2 is 1.03 bits per heavy atom. The zero-order valence-electron chi connectivity index (χ0n) is 32.6. The number of rotatable bonds is 7. The van der Waals surface area contributed by atoms with Crippen LogP contribution in [0.5, 0.6) is 51.7 Å². The Hall–Kier alpha value is -6.68. The van der Waals surface area contributed by atoms with Crippen LogP contribution in [0.25, 0.3) is 0 Å². The Balaban J connectivity index is 1.22. The van der Waals surface area contributed by atoms with Gasteiger partial charge in [-0.05, 0) is 88.0 Å². The number of aliphatic hydroxyl groups is 4. The van der Waals surface area contributed by atoms with E-state index in [0.29, 0.717) is 55.8 Å². The summed E-state index contributed by atoms with van der Waals surface area (Å²) in [6.07, 6.45) is -8.90. The Bertz CT molecular complexity index is 2680. The van der Waals surface area contributed by atoms with Crippen LogP contribution in [-0.4, -0.2) is 93.5 Å². The van der Waals surface area contributed by atoms with Crippen molar-refractivity contribution in [1.29, 1.82) is 0 Å². The number of hydrogen-bond donors (Lipinski definition) is 11. The van der Waals surface area contributed by atoms with Crippen molar-refractivity contribution in [2.24, 2.45) is 0 Å².